The third kappa shape index (κ3) is 3.70. The summed E-state index contributed by atoms with van der Waals surface area (Å²) in [4.78, 5) is -0.0793. The van der Waals surface area contributed by atoms with Crippen molar-refractivity contribution in [2.45, 2.75) is 37.3 Å². The number of aryl methyl sites for hydroxylation is 1. The van der Waals surface area contributed by atoms with Crippen LogP contribution >= 0.6 is 0 Å². The highest BCUT2D eigenvalue weighted by molar-refractivity contribution is 7.92. The summed E-state index contributed by atoms with van der Waals surface area (Å²) >= 11 is 0. The minimum Gasteiger partial charge on any atom is -0.376 e. The summed E-state index contributed by atoms with van der Waals surface area (Å²) in [7, 11) is -3.86. The molecule has 1 saturated heterocycles. The Balaban J connectivity index is 1.75. The highest BCUT2D eigenvalue weighted by Crippen LogP contribution is 2.20. The fourth-order valence-corrected chi connectivity index (χ4v) is 3.87. The number of nitrogens with one attached hydrogen (secondary N) is 1. The van der Waals surface area contributed by atoms with Crippen LogP contribution in [-0.2, 0) is 21.3 Å². The van der Waals surface area contributed by atoms with Crippen molar-refractivity contribution in [2.75, 3.05) is 11.3 Å². The third-order valence-electron chi connectivity index (χ3n) is 3.74. The Morgan fingerprint density at radius 2 is 2.30 bits per heavy atom. The van der Waals surface area contributed by atoms with Gasteiger partial charge in [0.15, 0.2) is 0 Å². The van der Waals surface area contributed by atoms with Crippen molar-refractivity contribution in [1.29, 1.82) is 0 Å². The Morgan fingerprint density at radius 3 is 3.04 bits per heavy atom. The van der Waals surface area contributed by atoms with E-state index < -0.39 is 15.8 Å². The van der Waals surface area contributed by atoms with Crippen LogP contribution < -0.4 is 4.72 Å². The smallest absolute Gasteiger partial charge is 0.262 e. The molecule has 0 saturated carbocycles. The van der Waals surface area contributed by atoms with Crippen LogP contribution in [0.4, 0.5) is 10.1 Å². The zero-order valence-corrected chi connectivity index (χ0v) is 13.5. The van der Waals surface area contributed by atoms with Gasteiger partial charge in [-0.3, -0.25) is 9.40 Å². The lowest BCUT2D eigenvalue weighted by Gasteiger charge is -2.09. The van der Waals surface area contributed by atoms with Crippen molar-refractivity contribution < 1.29 is 17.5 Å². The first-order chi connectivity index (χ1) is 10.9. The lowest BCUT2D eigenvalue weighted by molar-refractivity contribution is 0.0940. The maximum Gasteiger partial charge on any atom is 0.262 e. The monoisotopic (exact) mass is 339 g/mol. The van der Waals surface area contributed by atoms with E-state index in [1.165, 1.54) is 18.3 Å². The average molecular weight is 339 g/mol. The van der Waals surface area contributed by atoms with Gasteiger partial charge in [-0.2, -0.15) is 5.10 Å². The molecule has 8 heteroatoms. The van der Waals surface area contributed by atoms with Gasteiger partial charge in [0, 0.05) is 12.8 Å². The quantitative estimate of drug-likeness (QED) is 0.907. The first kappa shape index (κ1) is 15.9. The van der Waals surface area contributed by atoms with E-state index in [0.717, 1.165) is 25.5 Å². The van der Waals surface area contributed by atoms with Crippen LogP contribution in [0, 0.1) is 12.7 Å². The van der Waals surface area contributed by atoms with Crippen LogP contribution in [-0.4, -0.2) is 30.9 Å². The third-order valence-corrected chi connectivity index (χ3v) is 5.26. The van der Waals surface area contributed by atoms with E-state index in [9.17, 15) is 12.8 Å². The van der Waals surface area contributed by atoms with Crippen LogP contribution in [0.3, 0.4) is 0 Å². The molecule has 1 unspecified atom stereocenters. The molecule has 124 valence electrons. The van der Waals surface area contributed by atoms with Gasteiger partial charge in [-0.25, -0.2) is 12.8 Å². The molecule has 1 N–H and O–H groups in total. The van der Waals surface area contributed by atoms with Crippen LogP contribution in [0.1, 0.15) is 18.4 Å². The van der Waals surface area contributed by atoms with Crippen molar-refractivity contribution in [3.8, 4) is 0 Å². The molecule has 23 heavy (non-hydrogen) atoms. The zero-order chi connectivity index (χ0) is 16.4. The maximum atomic E-state index is 13.3. The molecule has 1 atom stereocenters. The summed E-state index contributed by atoms with van der Waals surface area (Å²) in [5.41, 5.74) is 0.817. The summed E-state index contributed by atoms with van der Waals surface area (Å²) < 4.78 is 47.7. The standard InChI is InChI=1S/C15H18FN3O3S/c1-11-4-5-12(16)7-15(11)23(20,21)18-13-8-17-19(9-13)10-14-3-2-6-22-14/h4-5,7-9,14,18H,2-3,6,10H2,1H3. The molecule has 0 radical (unpaired) electrons. The second kappa shape index (κ2) is 6.29. The highest BCUT2D eigenvalue weighted by Gasteiger charge is 2.20. The largest absolute Gasteiger partial charge is 0.376 e. The van der Waals surface area contributed by atoms with E-state index in [-0.39, 0.29) is 11.0 Å². The van der Waals surface area contributed by atoms with E-state index in [1.54, 1.807) is 17.8 Å². The minimum atomic E-state index is -3.86. The van der Waals surface area contributed by atoms with Crippen LogP contribution in [0.15, 0.2) is 35.5 Å². The van der Waals surface area contributed by atoms with Gasteiger partial charge >= 0.3 is 0 Å². The number of aromatic nitrogens is 2. The van der Waals surface area contributed by atoms with Crippen molar-refractivity contribution in [3.05, 3.63) is 42.0 Å². The second-order valence-electron chi connectivity index (χ2n) is 5.60. The normalized spacial score (nSPS) is 18.3. The van der Waals surface area contributed by atoms with E-state index in [0.29, 0.717) is 17.8 Å². The molecule has 0 bridgehead atoms. The first-order valence-electron chi connectivity index (χ1n) is 7.37. The van der Waals surface area contributed by atoms with Crippen molar-refractivity contribution in [2.24, 2.45) is 0 Å². The van der Waals surface area contributed by atoms with Gasteiger partial charge in [-0.15, -0.1) is 0 Å². The van der Waals surface area contributed by atoms with Crippen LogP contribution in [0.2, 0.25) is 0 Å². The number of rotatable bonds is 5. The first-order valence-corrected chi connectivity index (χ1v) is 8.85. The number of anilines is 1. The maximum absolute atomic E-state index is 13.3. The molecular formula is C15H18FN3O3S. The number of nitrogens with zero attached hydrogens (tertiary/aromatic N) is 2. The molecule has 1 aliphatic rings. The summed E-state index contributed by atoms with van der Waals surface area (Å²) in [6.45, 7) is 2.96. The van der Waals surface area contributed by atoms with E-state index >= 15 is 0 Å². The molecule has 1 fully saturated rings. The van der Waals surface area contributed by atoms with Crippen molar-refractivity contribution in [1.82, 2.24) is 9.78 Å². The Bertz CT molecular complexity index is 798. The molecule has 1 aromatic carbocycles. The van der Waals surface area contributed by atoms with Gasteiger partial charge in [-0.05, 0) is 37.5 Å². The molecule has 2 aromatic rings. The lowest BCUT2D eigenvalue weighted by Crippen LogP contribution is -2.16. The number of hydrogen-bond acceptors (Lipinski definition) is 4. The summed E-state index contributed by atoms with van der Waals surface area (Å²) in [5.74, 6) is -0.593. The number of ether oxygens (including phenoxy) is 1. The number of benzene rings is 1. The number of hydrogen-bond donors (Lipinski definition) is 1. The van der Waals surface area contributed by atoms with Crippen molar-refractivity contribution in [3.63, 3.8) is 0 Å². The molecule has 0 spiro atoms. The minimum absolute atomic E-state index is 0.0793. The fraction of sp³-hybridized carbons (Fsp3) is 0.400. The SMILES string of the molecule is Cc1ccc(F)cc1S(=O)(=O)Nc1cnn(CC2CCCO2)c1. The van der Waals surface area contributed by atoms with Gasteiger partial charge in [-0.1, -0.05) is 6.07 Å². The Labute approximate surface area is 134 Å². The molecule has 1 aliphatic heterocycles. The van der Waals surface area contributed by atoms with E-state index in [2.05, 4.69) is 9.82 Å². The molecule has 0 amide bonds. The predicted molar refractivity (Wildman–Crippen MR) is 83.1 cm³/mol. The molecule has 0 aliphatic carbocycles. The molecule has 6 nitrogen and oxygen atoms in total. The van der Waals surface area contributed by atoms with Crippen molar-refractivity contribution >= 4 is 15.7 Å². The molecule has 2 heterocycles. The topological polar surface area (TPSA) is 73.2 Å². The molecule has 1 aromatic heterocycles. The predicted octanol–water partition coefficient (Wildman–Crippen LogP) is 2.31. The number of halogens is 1. The lowest BCUT2D eigenvalue weighted by atomic mass is 10.2. The van der Waals surface area contributed by atoms with Gasteiger partial charge in [0.2, 0.25) is 0 Å². The summed E-state index contributed by atoms with van der Waals surface area (Å²) in [6.07, 6.45) is 5.16. The fourth-order valence-electron chi connectivity index (χ4n) is 2.59. The average Bonchev–Trinajstić information content (AvgIpc) is 3.14. The van der Waals surface area contributed by atoms with Gasteiger partial charge in [0.25, 0.3) is 10.0 Å². The Hall–Kier alpha value is -1.93. The van der Waals surface area contributed by atoms with Crippen LogP contribution in [0.5, 0.6) is 0 Å². The second-order valence-corrected chi connectivity index (χ2v) is 7.25. The Morgan fingerprint density at radius 1 is 1.48 bits per heavy atom. The van der Waals surface area contributed by atoms with Gasteiger partial charge in [0.1, 0.15) is 5.82 Å². The zero-order valence-electron chi connectivity index (χ0n) is 12.7. The summed E-state index contributed by atoms with van der Waals surface area (Å²) in [6, 6.07) is 3.67. The van der Waals surface area contributed by atoms with E-state index in [4.69, 9.17) is 4.74 Å². The van der Waals surface area contributed by atoms with Gasteiger partial charge in [0.05, 0.1) is 29.4 Å². The summed E-state index contributed by atoms with van der Waals surface area (Å²) in [5, 5.41) is 4.13. The highest BCUT2D eigenvalue weighted by atomic mass is 32.2. The van der Waals surface area contributed by atoms with E-state index in [1.807, 2.05) is 0 Å². The van der Waals surface area contributed by atoms with Crippen LogP contribution in [0.25, 0.3) is 0 Å². The Kier molecular flexibility index (Phi) is 4.36. The molecular weight excluding hydrogens is 321 g/mol. The van der Waals surface area contributed by atoms with Gasteiger partial charge < -0.3 is 4.74 Å². The number of sulfonamides is 1. The molecule has 3 rings (SSSR count).